The number of nitrogens with zero attached hydrogens (tertiary/aromatic N) is 2. The van der Waals surface area contributed by atoms with Crippen molar-refractivity contribution in [3.8, 4) is 0 Å². The maximum atomic E-state index is 11.9. The van der Waals surface area contributed by atoms with Crippen LogP contribution in [0, 0.1) is 0 Å². The fourth-order valence-corrected chi connectivity index (χ4v) is 3.12. The molecule has 0 bridgehead atoms. The van der Waals surface area contributed by atoms with Crippen LogP contribution in [-0.4, -0.2) is 42.3 Å². The van der Waals surface area contributed by atoms with Gasteiger partial charge in [0.2, 0.25) is 0 Å². The fourth-order valence-electron chi connectivity index (χ4n) is 3.12. The summed E-state index contributed by atoms with van der Waals surface area (Å²) in [5.41, 5.74) is 4.34. The molecule has 118 valence electrons. The van der Waals surface area contributed by atoms with Crippen molar-refractivity contribution in [2.24, 2.45) is 7.05 Å². The molecule has 0 radical (unpaired) electrons. The van der Waals surface area contributed by atoms with Crippen LogP contribution in [-0.2, 0) is 29.6 Å². The Morgan fingerprint density at radius 1 is 1.27 bits per heavy atom. The van der Waals surface area contributed by atoms with Crippen LogP contribution >= 0.6 is 0 Å². The summed E-state index contributed by atoms with van der Waals surface area (Å²) in [7, 11) is 3.38. The number of benzene rings is 1. The maximum absolute atomic E-state index is 11.9. The third-order valence-corrected chi connectivity index (χ3v) is 4.26. The lowest BCUT2D eigenvalue weighted by Crippen LogP contribution is -2.21. The highest BCUT2D eigenvalue weighted by Gasteiger charge is 2.22. The number of methoxy groups -OCH3 is 1. The predicted molar refractivity (Wildman–Crippen MR) is 84.9 cm³/mol. The van der Waals surface area contributed by atoms with E-state index >= 15 is 0 Å². The van der Waals surface area contributed by atoms with Crippen LogP contribution in [0.4, 0.5) is 0 Å². The van der Waals surface area contributed by atoms with Gasteiger partial charge in [0.15, 0.2) is 0 Å². The zero-order valence-corrected chi connectivity index (χ0v) is 13.4. The van der Waals surface area contributed by atoms with Crippen LogP contribution in [0.1, 0.15) is 28.4 Å². The molecule has 1 aliphatic heterocycles. The molecule has 22 heavy (non-hydrogen) atoms. The summed E-state index contributed by atoms with van der Waals surface area (Å²) in [6, 6.07) is 4.33. The van der Waals surface area contributed by atoms with Gasteiger partial charge in [-0.1, -0.05) is 0 Å². The fraction of sp³-hybridized carbons (Fsp3) is 0.471. The zero-order chi connectivity index (χ0) is 15.7. The van der Waals surface area contributed by atoms with Crippen LogP contribution < -0.4 is 0 Å². The van der Waals surface area contributed by atoms with E-state index in [9.17, 15) is 4.79 Å². The Balaban J connectivity index is 1.89. The van der Waals surface area contributed by atoms with E-state index in [1.165, 1.54) is 18.2 Å². The number of fused-ring (bicyclic) bond motifs is 2. The third-order valence-electron chi connectivity index (χ3n) is 4.26. The minimum atomic E-state index is -0.281. The highest BCUT2D eigenvalue weighted by molar-refractivity contribution is 6.04. The first kappa shape index (κ1) is 15.1. The monoisotopic (exact) mass is 302 g/mol. The number of rotatable bonds is 5. The average molecular weight is 302 g/mol. The molecule has 2 aromatic rings. The molecule has 1 aliphatic rings. The minimum Gasteiger partial charge on any atom is -0.465 e. The first-order valence-electron chi connectivity index (χ1n) is 7.63. The summed E-state index contributed by atoms with van der Waals surface area (Å²) in [5.74, 6) is -0.281. The Kier molecular flexibility index (Phi) is 4.18. The molecule has 2 heterocycles. The summed E-state index contributed by atoms with van der Waals surface area (Å²) < 4.78 is 12.3. The molecule has 1 aromatic heterocycles. The summed E-state index contributed by atoms with van der Waals surface area (Å²) in [6.07, 6.45) is 1.85. The number of ether oxygens (including phenoxy) is 2. The van der Waals surface area contributed by atoms with Gasteiger partial charge in [0.25, 0.3) is 0 Å². The lowest BCUT2D eigenvalue weighted by atomic mass is 10.1. The summed E-state index contributed by atoms with van der Waals surface area (Å²) >= 11 is 0. The van der Waals surface area contributed by atoms with E-state index in [2.05, 4.69) is 17.0 Å². The first-order chi connectivity index (χ1) is 10.6. The van der Waals surface area contributed by atoms with E-state index in [1.54, 1.807) is 0 Å². The number of carbonyl (C=O) groups is 1. The lowest BCUT2D eigenvalue weighted by Gasteiger charge is -2.13. The number of carbonyl (C=O) groups excluding carboxylic acids is 1. The molecule has 1 aromatic carbocycles. The van der Waals surface area contributed by atoms with Gasteiger partial charge in [-0.25, -0.2) is 4.79 Å². The van der Waals surface area contributed by atoms with Crippen molar-refractivity contribution in [2.75, 3.05) is 26.9 Å². The molecule has 0 saturated carbocycles. The number of hydrogen-bond acceptors (Lipinski definition) is 4. The summed E-state index contributed by atoms with van der Waals surface area (Å²) in [5, 5.41) is 0.972. The van der Waals surface area contributed by atoms with Gasteiger partial charge in [0, 0.05) is 50.4 Å². The van der Waals surface area contributed by atoms with Gasteiger partial charge in [-0.2, -0.15) is 0 Å². The van der Waals surface area contributed by atoms with Gasteiger partial charge >= 0.3 is 5.97 Å². The molecule has 0 amide bonds. The van der Waals surface area contributed by atoms with Crippen molar-refractivity contribution >= 4 is 16.9 Å². The summed E-state index contributed by atoms with van der Waals surface area (Å²) in [6.45, 7) is 6.32. The van der Waals surface area contributed by atoms with Gasteiger partial charge in [0.1, 0.15) is 0 Å². The molecule has 0 saturated heterocycles. The van der Waals surface area contributed by atoms with Gasteiger partial charge in [-0.3, -0.25) is 4.90 Å². The van der Waals surface area contributed by atoms with Gasteiger partial charge in [0.05, 0.1) is 19.3 Å². The van der Waals surface area contributed by atoms with Gasteiger partial charge < -0.3 is 14.0 Å². The van der Waals surface area contributed by atoms with E-state index in [0.717, 1.165) is 43.8 Å². The number of esters is 1. The number of aromatic nitrogens is 1. The highest BCUT2D eigenvalue weighted by Crippen LogP contribution is 2.30. The van der Waals surface area contributed by atoms with Crippen molar-refractivity contribution in [1.82, 2.24) is 9.47 Å². The Labute approximate surface area is 130 Å². The first-order valence-corrected chi connectivity index (χ1v) is 7.63. The second-order valence-corrected chi connectivity index (χ2v) is 5.69. The van der Waals surface area contributed by atoms with Crippen molar-refractivity contribution in [3.05, 3.63) is 35.0 Å². The standard InChI is InChI=1S/C17H22N2O3/c1-4-22-6-5-19-9-12-7-14-15(17(20)21-3)11-18(2)16(14)8-13(12)10-19/h7-8,11H,4-6,9-10H2,1-3H3. The molecule has 0 spiro atoms. The number of aryl methyl sites for hydroxylation is 1. The van der Waals surface area contributed by atoms with E-state index in [-0.39, 0.29) is 5.97 Å². The van der Waals surface area contributed by atoms with Crippen molar-refractivity contribution in [1.29, 1.82) is 0 Å². The van der Waals surface area contributed by atoms with E-state index < -0.39 is 0 Å². The Morgan fingerprint density at radius 2 is 2.00 bits per heavy atom. The van der Waals surface area contributed by atoms with Crippen LogP contribution in [0.3, 0.4) is 0 Å². The van der Waals surface area contributed by atoms with Crippen molar-refractivity contribution in [2.45, 2.75) is 20.0 Å². The van der Waals surface area contributed by atoms with Gasteiger partial charge in [-0.15, -0.1) is 0 Å². The van der Waals surface area contributed by atoms with E-state index in [4.69, 9.17) is 9.47 Å². The van der Waals surface area contributed by atoms with Crippen LogP contribution in [0.5, 0.6) is 0 Å². The maximum Gasteiger partial charge on any atom is 0.340 e. The minimum absolute atomic E-state index is 0.281. The normalized spacial score (nSPS) is 14.5. The molecular weight excluding hydrogens is 280 g/mol. The summed E-state index contributed by atoms with van der Waals surface area (Å²) in [4.78, 5) is 14.3. The molecule has 0 fully saturated rings. The molecule has 0 unspecified atom stereocenters. The molecule has 0 atom stereocenters. The smallest absolute Gasteiger partial charge is 0.340 e. The molecule has 3 rings (SSSR count). The van der Waals surface area contributed by atoms with Crippen molar-refractivity contribution < 1.29 is 14.3 Å². The SMILES string of the molecule is CCOCCN1Cc2cc3c(C(=O)OC)cn(C)c3cc2C1. The molecule has 5 heteroatoms. The second-order valence-electron chi connectivity index (χ2n) is 5.69. The van der Waals surface area contributed by atoms with E-state index in [0.29, 0.717) is 5.56 Å². The average Bonchev–Trinajstić information content (AvgIpc) is 3.05. The van der Waals surface area contributed by atoms with Crippen LogP contribution in [0.15, 0.2) is 18.3 Å². The topological polar surface area (TPSA) is 43.7 Å². The second kappa shape index (κ2) is 6.10. The molecule has 5 nitrogen and oxygen atoms in total. The van der Waals surface area contributed by atoms with Crippen molar-refractivity contribution in [3.63, 3.8) is 0 Å². The Bertz CT molecular complexity index is 705. The zero-order valence-electron chi connectivity index (χ0n) is 13.4. The molecular formula is C17H22N2O3. The van der Waals surface area contributed by atoms with E-state index in [1.807, 2.05) is 24.7 Å². The molecule has 0 aliphatic carbocycles. The largest absolute Gasteiger partial charge is 0.465 e. The Hall–Kier alpha value is -1.85. The third kappa shape index (κ3) is 2.62. The van der Waals surface area contributed by atoms with Crippen LogP contribution in [0.2, 0.25) is 0 Å². The molecule has 0 N–H and O–H groups in total. The quantitative estimate of drug-likeness (QED) is 0.628. The lowest BCUT2D eigenvalue weighted by molar-refractivity contribution is 0.0603. The van der Waals surface area contributed by atoms with Crippen LogP contribution in [0.25, 0.3) is 10.9 Å². The van der Waals surface area contributed by atoms with Gasteiger partial charge in [-0.05, 0) is 30.2 Å². The predicted octanol–water partition coefficient (Wildman–Crippen LogP) is 2.32. The highest BCUT2D eigenvalue weighted by atomic mass is 16.5. The Morgan fingerprint density at radius 3 is 2.68 bits per heavy atom. The number of hydrogen-bond donors (Lipinski definition) is 0.